The summed E-state index contributed by atoms with van der Waals surface area (Å²) in [6.45, 7) is 0.675. The first-order valence-corrected chi connectivity index (χ1v) is 6.35. The van der Waals surface area contributed by atoms with Crippen LogP contribution in [0.25, 0.3) is 11.1 Å². The summed E-state index contributed by atoms with van der Waals surface area (Å²) in [5.41, 5.74) is 3.10. The standard InChI is InChI=1S/C16H16O2/c17-15-10-5-11-18-16-13(8-4-9-14(15)16)12-6-2-1-3-7-12/h1-4,6-9,15,17H,5,10-11H2. The van der Waals surface area contributed by atoms with Gasteiger partial charge in [0.2, 0.25) is 0 Å². The second-order valence-corrected chi connectivity index (χ2v) is 4.60. The van der Waals surface area contributed by atoms with Crippen LogP contribution in [0.15, 0.2) is 48.5 Å². The Balaban J connectivity index is 2.14. The zero-order valence-electron chi connectivity index (χ0n) is 10.2. The highest BCUT2D eigenvalue weighted by atomic mass is 16.5. The summed E-state index contributed by atoms with van der Waals surface area (Å²) in [6, 6.07) is 16.2. The van der Waals surface area contributed by atoms with Crippen LogP contribution >= 0.6 is 0 Å². The first-order valence-electron chi connectivity index (χ1n) is 6.35. The SMILES string of the molecule is OC1CCCOc2c(-c3ccccc3)cccc21. The van der Waals surface area contributed by atoms with Gasteiger partial charge < -0.3 is 9.84 Å². The van der Waals surface area contributed by atoms with Crippen molar-refractivity contribution in [2.45, 2.75) is 18.9 Å². The van der Waals surface area contributed by atoms with Crippen molar-refractivity contribution in [3.05, 3.63) is 54.1 Å². The predicted octanol–water partition coefficient (Wildman–Crippen LogP) is 3.56. The minimum atomic E-state index is -0.411. The maximum atomic E-state index is 10.1. The summed E-state index contributed by atoms with van der Waals surface area (Å²) in [5, 5.41) is 10.1. The number of fused-ring (bicyclic) bond motifs is 1. The largest absolute Gasteiger partial charge is 0.493 e. The van der Waals surface area contributed by atoms with Gasteiger partial charge in [0, 0.05) is 11.1 Å². The van der Waals surface area contributed by atoms with Crippen LogP contribution in [0.1, 0.15) is 24.5 Å². The third kappa shape index (κ3) is 2.00. The van der Waals surface area contributed by atoms with E-state index in [0.717, 1.165) is 35.3 Å². The fourth-order valence-electron chi connectivity index (χ4n) is 2.43. The molecule has 2 nitrogen and oxygen atoms in total. The van der Waals surface area contributed by atoms with Crippen molar-refractivity contribution in [2.24, 2.45) is 0 Å². The van der Waals surface area contributed by atoms with Crippen LogP contribution in [0.2, 0.25) is 0 Å². The van der Waals surface area contributed by atoms with E-state index >= 15 is 0 Å². The molecule has 1 aliphatic heterocycles. The molecule has 2 aromatic rings. The first-order chi connectivity index (χ1) is 8.86. The van der Waals surface area contributed by atoms with Gasteiger partial charge in [0.05, 0.1) is 12.7 Å². The van der Waals surface area contributed by atoms with Gasteiger partial charge in [0.15, 0.2) is 0 Å². The molecule has 2 heteroatoms. The average molecular weight is 240 g/mol. The van der Waals surface area contributed by atoms with Gasteiger partial charge in [-0.25, -0.2) is 0 Å². The van der Waals surface area contributed by atoms with E-state index in [4.69, 9.17) is 4.74 Å². The van der Waals surface area contributed by atoms with Crippen LogP contribution in [0.4, 0.5) is 0 Å². The van der Waals surface area contributed by atoms with E-state index in [2.05, 4.69) is 12.1 Å². The lowest BCUT2D eigenvalue weighted by atomic mass is 9.98. The molecule has 2 aromatic carbocycles. The fraction of sp³-hybridized carbons (Fsp3) is 0.250. The number of aliphatic hydroxyl groups excluding tert-OH is 1. The minimum Gasteiger partial charge on any atom is -0.493 e. The Morgan fingerprint density at radius 3 is 2.67 bits per heavy atom. The summed E-state index contributed by atoms with van der Waals surface area (Å²) in [4.78, 5) is 0. The molecule has 0 spiro atoms. The predicted molar refractivity (Wildman–Crippen MR) is 71.6 cm³/mol. The summed E-state index contributed by atoms with van der Waals surface area (Å²) in [6.07, 6.45) is 1.25. The first kappa shape index (κ1) is 11.3. The molecule has 1 aliphatic rings. The molecule has 0 saturated heterocycles. The van der Waals surface area contributed by atoms with Gasteiger partial charge in [-0.3, -0.25) is 0 Å². The Morgan fingerprint density at radius 1 is 1.00 bits per heavy atom. The van der Waals surface area contributed by atoms with E-state index in [1.807, 2.05) is 36.4 Å². The van der Waals surface area contributed by atoms with Crippen LogP contribution in [-0.2, 0) is 0 Å². The van der Waals surface area contributed by atoms with Gasteiger partial charge in [-0.1, -0.05) is 48.5 Å². The molecule has 1 unspecified atom stereocenters. The number of ether oxygens (including phenoxy) is 1. The highest BCUT2D eigenvalue weighted by Crippen LogP contribution is 2.39. The number of rotatable bonds is 1. The van der Waals surface area contributed by atoms with E-state index in [0.29, 0.717) is 6.61 Å². The Bertz CT molecular complexity index is 534. The highest BCUT2D eigenvalue weighted by Gasteiger charge is 2.20. The van der Waals surface area contributed by atoms with Crippen molar-refractivity contribution >= 4 is 0 Å². The second kappa shape index (κ2) is 4.83. The van der Waals surface area contributed by atoms with Crippen LogP contribution in [0, 0.1) is 0 Å². The molecule has 1 heterocycles. The molecule has 0 aromatic heterocycles. The third-order valence-corrected chi connectivity index (χ3v) is 3.36. The molecule has 3 rings (SSSR count). The Morgan fingerprint density at radius 2 is 1.83 bits per heavy atom. The summed E-state index contributed by atoms with van der Waals surface area (Å²) >= 11 is 0. The lowest BCUT2D eigenvalue weighted by molar-refractivity contribution is 0.167. The van der Waals surface area contributed by atoms with Crippen LogP contribution in [0.5, 0.6) is 5.75 Å². The van der Waals surface area contributed by atoms with E-state index in [1.54, 1.807) is 0 Å². The monoisotopic (exact) mass is 240 g/mol. The van der Waals surface area contributed by atoms with Gasteiger partial charge in [-0.15, -0.1) is 0 Å². The van der Waals surface area contributed by atoms with Gasteiger partial charge in [-0.2, -0.15) is 0 Å². The number of hydrogen-bond donors (Lipinski definition) is 1. The molecule has 0 amide bonds. The average Bonchev–Trinajstić information content (AvgIpc) is 2.62. The minimum absolute atomic E-state index is 0.411. The number of benzene rings is 2. The second-order valence-electron chi connectivity index (χ2n) is 4.60. The summed E-state index contributed by atoms with van der Waals surface area (Å²) < 4.78 is 5.84. The van der Waals surface area contributed by atoms with Crippen molar-refractivity contribution in [1.29, 1.82) is 0 Å². The molecular formula is C16H16O2. The molecule has 0 fully saturated rings. The van der Waals surface area contributed by atoms with Crippen LogP contribution < -0.4 is 4.74 Å². The molecule has 18 heavy (non-hydrogen) atoms. The quantitative estimate of drug-likeness (QED) is 0.825. The fourth-order valence-corrected chi connectivity index (χ4v) is 2.43. The maximum Gasteiger partial charge on any atom is 0.132 e. The summed E-state index contributed by atoms with van der Waals surface area (Å²) in [7, 11) is 0. The van der Waals surface area contributed by atoms with Crippen molar-refractivity contribution < 1.29 is 9.84 Å². The molecule has 1 N–H and O–H groups in total. The van der Waals surface area contributed by atoms with E-state index in [-0.39, 0.29) is 0 Å². The lowest BCUT2D eigenvalue weighted by Gasteiger charge is -2.15. The van der Waals surface area contributed by atoms with Gasteiger partial charge in [0.25, 0.3) is 0 Å². The zero-order chi connectivity index (χ0) is 12.4. The molecule has 92 valence electrons. The van der Waals surface area contributed by atoms with Crippen LogP contribution in [-0.4, -0.2) is 11.7 Å². The zero-order valence-corrected chi connectivity index (χ0v) is 10.2. The molecule has 0 aliphatic carbocycles. The van der Waals surface area contributed by atoms with Gasteiger partial charge in [-0.05, 0) is 18.4 Å². The molecule has 0 bridgehead atoms. The van der Waals surface area contributed by atoms with Crippen molar-refractivity contribution in [3.63, 3.8) is 0 Å². The molecule has 0 saturated carbocycles. The van der Waals surface area contributed by atoms with E-state index in [9.17, 15) is 5.11 Å². The van der Waals surface area contributed by atoms with Crippen molar-refractivity contribution in [1.82, 2.24) is 0 Å². The molecule has 1 atom stereocenters. The number of hydrogen-bond acceptors (Lipinski definition) is 2. The normalized spacial score (nSPS) is 18.6. The van der Waals surface area contributed by atoms with Crippen molar-refractivity contribution in [2.75, 3.05) is 6.61 Å². The van der Waals surface area contributed by atoms with E-state index < -0.39 is 6.10 Å². The lowest BCUT2D eigenvalue weighted by Crippen LogP contribution is -1.98. The highest BCUT2D eigenvalue weighted by molar-refractivity contribution is 5.72. The Hall–Kier alpha value is -1.80. The van der Waals surface area contributed by atoms with Gasteiger partial charge >= 0.3 is 0 Å². The Labute approximate surface area is 107 Å². The third-order valence-electron chi connectivity index (χ3n) is 3.36. The van der Waals surface area contributed by atoms with Crippen molar-refractivity contribution in [3.8, 4) is 16.9 Å². The summed E-state index contributed by atoms with van der Waals surface area (Å²) in [5.74, 6) is 0.841. The van der Waals surface area contributed by atoms with E-state index in [1.165, 1.54) is 0 Å². The molecule has 0 radical (unpaired) electrons. The van der Waals surface area contributed by atoms with Gasteiger partial charge in [0.1, 0.15) is 5.75 Å². The number of aliphatic hydroxyl groups is 1. The molecular weight excluding hydrogens is 224 g/mol. The number of para-hydroxylation sites is 1. The Kier molecular flexibility index (Phi) is 3.03. The smallest absolute Gasteiger partial charge is 0.132 e. The maximum absolute atomic E-state index is 10.1. The topological polar surface area (TPSA) is 29.5 Å². The van der Waals surface area contributed by atoms with Crippen LogP contribution in [0.3, 0.4) is 0 Å².